The molecule has 2 aromatic heterocycles. The third kappa shape index (κ3) is 4.23. The number of rotatable bonds is 5. The van der Waals surface area contributed by atoms with E-state index in [4.69, 9.17) is 4.74 Å². The van der Waals surface area contributed by atoms with Crippen LogP contribution >= 0.6 is 0 Å². The number of para-hydroxylation sites is 1. The number of hydrogen-bond acceptors (Lipinski definition) is 5. The number of hydrogen-bond donors (Lipinski definition) is 2. The molecule has 34 heavy (non-hydrogen) atoms. The van der Waals surface area contributed by atoms with Gasteiger partial charge < -0.3 is 15.0 Å². The maximum Gasteiger partial charge on any atom is 0.338 e. The van der Waals surface area contributed by atoms with E-state index in [1.165, 1.54) is 0 Å². The molecule has 0 aliphatic rings. The van der Waals surface area contributed by atoms with Crippen LogP contribution in [0.2, 0.25) is 0 Å². The molecule has 1 unspecified atom stereocenters. The number of aromatic amines is 1. The number of fused-ring (bicyclic) bond motifs is 2. The number of benzene rings is 3. The molecule has 1 amide bonds. The smallest absolute Gasteiger partial charge is 0.338 e. The molecule has 7 heteroatoms. The van der Waals surface area contributed by atoms with Crippen LogP contribution in [0.4, 0.5) is 5.69 Å². The Balaban J connectivity index is 1.31. The zero-order chi connectivity index (χ0) is 23.7. The molecule has 7 nitrogen and oxygen atoms in total. The summed E-state index contributed by atoms with van der Waals surface area (Å²) >= 11 is 0. The van der Waals surface area contributed by atoms with Gasteiger partial charge in [0.2, 0.25) is 0 Å². The molecule has 0 saturated heterocycles. The molecule has 0 saturated carbocycles. The minimum atomic E-state index is -0.989. The third-order valence-corrected chi connectivity index (χ3v) is 5.52. The first-order valence-electron chi connectivity index (χ1n) is 10.9. The number of H-pyrrole nitrogens is 1. The lowest BCUT2D eigenvalue weighted by molar-refractivity contribution is -0.123. The summed E-state index contributed by atoms with van der Waals surface area (Å²) in [7, 11) is 0. The molecule has 5 aromatic rings. The highest BCUT2D eigenvalue weighted by atomic mass is 16.5. The zero-order valence-corrected chi connectivity index (χ0v) is 18.7. The van der Waals surface area contributed by atoms with E-state index in [-0.39, 0.29) is 0 Å². The summed E-state index contributed by atoms with van der Waals surface area (Å²) in [6.45, 7) is 3.41. The fourth-order valence-electron chi connectivity index (χ4n) is 3.80. The Bertz CT molecular complexity index is 1530. The largest absolute Gasteiger partial charge is 0.449 e. The molecule has 0 spiro atoms. The number of aromatic nitrogens is 3. The van der Waals surface area contributed by atoms with Gasteiger partial charge in [0.1, 0.15) is 5.82 Å². The van der Waals surface area contributed by atoms with E-state index in [1.807, 2.05) is 61.5 Å². The van der Waals surface area contributed by atoms with Crippen molar-refractivity contribution < 1.29 is 14.3 Å². The van der Waals surface area contributed by atoms with E-state index in [0.717, 1.165) is 27.7 Å². The second-order valence-electron chi connectivity index (χ2n) is 8.05. The molecule has 0 aliphatic heterocycles. The van der Waals surface area contributed by atoms with E-state index < -0.39 is 18.0 Å². The number of nitrogens with zero attached hydrogens (tertiary/aromatic N) is 2. The van der Waals surface area contributed by atoms with Crippen LogP contribution in [0.1, 0.15) is 23.0 Å². The molecular weight excluding hydrogens is 428 g/mol. The maximum atomic E-state index is 12.8. The second kappa shape index (κ2) is 8.78. The number of pyridine rings is 1. The fourth-order valence-corrected chi connectivity index (χ4v) is 3.80. The Morgan fingerprint density at radius 2 is 1.68 bits per heavy atom. The van der Waals surface area contributed by atoms with Gasteiger partial charge in [-0.1, -0.05) is 48.5 Å². The summed E-state index contributed by atoms with van der Waals surface area (Å²) in [4.78, 5) is 37.8. The van der Waals surface area contributed by atoms with Crippen LogP contribution in [-0.4, -0.2) is 32.9 Å². The van der Waals surface area contributed by atoms with Crippen LogP contribution < -0.4 is 5.32 Å². The third-order valence-electron chi connectivity index (χ3n) is 5.52. The van der Waals surface area contributed by atoms with Crippen LogP contribution in [0.5, 0.6) is 0 Å². The summed E-state index contributed by atoms with van der Waals surface area (Å²) in [6.07, 6.45) is -0.989. The van der Waals surface area contributed by atoms with Gasteiger partial charge in [0.25, 0.3) is 5.91 Å². The van der Waals surface area contributed by atoms with Crippen LogP contribution in [0.3, 0.4) is 0 Å². The summed E-state index contributed by atoms with van der Waals surface area (Å²) in [6, 6.07) is 24.2. The standard InChI is InChI=1S/C27H22N4O3/c1-16-14-23(20-10-6-7-11-21(20)28-16)31-26(32)17(2)34-27(33)19-12-13-22-24(15-19)30-25(29-22)18-8-4-3-5-9-18/h3-15,17H,1-2H3,(H,29,30)(H,28,31,32). The van der Waals surface area contributed by atoms with Crippen molar-refractivity contribution in [2.24, 2.45) is 0 Å². The normalized spacial score (nSPS) is 11.9. The molecule has 2 N–H and O–H groups in total. The summed E-state index contributed by atoms with van der Waals surface area (Å²) in [5, 5.41) is 3.68. The minimum Gasteiger partial charge on any atom is -0.449 e. The number of imidazole rings is 1. The van der Waals surface area contributed by atoms with Gasteiger partial charge in [0.15, 0.2) is 6.10 Å². The van der Waals surface area contributed by atoms with Gasteiger partial charge in [-0.15, -0.1) is 0 Å². The molecule has 0 radical (unpaired) electrons. The first-order valence-corrected chi connectivity index (χ1v) is 10.9. The topological polar surface area (TPSA) is 97.0 Å². The van der Waals surface area contributed by atoms with E-state index in [0.29, 0.717) is 22.6 Å². The van der Waals surface area contributed by atoms with Crippen LogP contribution in [-0.2, 0) is 9.53 Å². The minimum absolute atomic E-state index is 0.334. The Morgan fingerprint density at radius 3 is 2.50 bits per heavy atom. The molecule has 0 bridgehead atoms. The molecule has 1 atom stereocenters. The Kier molecular flexibility index (Phi) is 5.51. The molecular formula is C27H22N4O3. The summed E-state index contributed by atoms with van der Waals surface area (Å²) in [5.74, 6) is -0.289. The number of amides is 1. The number of carbonyl (C=O) groups excluding carboxylic acids is 2. The number of esters is 1. The lowest BCUT2D eigenvalue weighted by Gasteiger charge is -2.15. The highest BCUT2D eigenvalue weighted by molar-refractivity contribution is 6.03. The average Bonchev–Trinajstić information content (AvgIpc) is 3.28. The van der Waals surface area contributed by atoms with Gasteiger partial charge >= 0.3 is 5.97 Å². The van der Waals surface area contributed by atoms with E-state index in [2.05, 4.69) is 20.3 Å². The van der Waals surface area contributed by atoms with Crippen molar-refractivity contribution in [1.82, 2.24) is 15.0 Å². The van der Waals surface area contributed by atoms with Crippen LogP contribution in [0.25, 0.3) is 33.3 Å². The predicted octanol–water partition coefficient (Wildman–Crippen LogP) is 5.27. The predicted molar refractivity (Wildman–Crippen MR) is 132 cm³/mol. The molecule has 168 valence electrons. The van der Waals surface area contributed by atoms with Gasteiger partial charge in [-0.05, 0) is 44.2 Å². The first kappa shape index (κ1) is 21.3. The van der Waals surface area contributed by atoms with Gasteiger partial charge in [-0.2, -0.15) is 0 Å². The van der Waals surface area contributed by atoms with Gasteiger partial charge in [0.05, 0.1) is 27.8 Å². The number of aryl methyl sites for hydroxylation is 1. The number of ether oxygens (including phenoxy) is 1. The Labute approximate surface area is 195 Å². The van der Waals surface area contributed by atoms with E-state index in [9.17, 15) is 9.59 Å². The van der Waals surface area contributed by atoms with Crippen molar-refractivity contribution in [3.05, 3.63) is 90.1 Å². The Hall–Kier alpha value is -4.52. The average molecular weight is 450 g/mol. The lowest BCUT2D eigenvalue weighted by atomic mass is 10.1. The quantitative estimate of drug-likeness (QED) is 0.356. The molecule has 5 rings (SSSR count). The van der Waals surface area contributed by atoms with Gasteiger partial charge in [0, 0.05) is 16.6 Å². The zero-order valence-electron chi connectivity index (χ0n) is 18.7. The monoisotopic (exact) mass is 450 g/mol. The van der Waals surface area contributed by atoms with Crippen LogP contribution in [0.15, 0.2) is 78.9 Å². The highest BCUT2D eigenvalue weighted by Gasteiger charge is 2.21. The molecule has 0 aliphatic carbocycles. The highest BCUT2D eigenvalue weighted by Crippen LogP contribution is 2.24. The van der Waals surface area contributed by atoms with Crippen molar-refractivity contribution in [2.75, 3.05) is 5.32 Å². The van der Waals surface area contributed by atoms with Crippen molar-refractivity contribution >= 4 is 39.5 Å². The second-order valence-corrected chi connectivity index (χ2v) is 8.05. The van der Waals surface area contributed by atoms with Crippen molar-refractivity contribution in [1.29, 1.82) is 0 Å². The Morgan fingerprint density at radius 1 is 0.912 bits per heavy atom. The van der Waals surface area contributed by atoms with E-state index in [1.54, 1.807) is 31.2 Å². The first-order chi connectivity index (χ1) is 16.5. The van der Waals surface area contributed by atoms with Crippen molar-refractivity contribution in [3.63, 3.8) is 0 Å². The molecule has 2 heterocycles. The number of nitrogens with one attached hydrogen (secondary N) is 2. The lowest BCUT2D eigenvalue weighted by Crippen LogP contribution is -2.30. The van der Waals surface area contributed by atoms with Gasteiger partial charge in [-0.25, -0.2) is 9.78 Å². The maximum absolute atomic E-state index is 12.8. The van der Waals surface area contributed by atoms with E-state index >= 15 is 0 Å². The SMILES string of the molecule is Cc1cc(NC(=O)C(C)OC(=O)c2ccc3nc(-c4ccccc4)[nH]c3c2)c2ccccc2n1. The fraction of sp³-hybridized carbons (Fsp3) is 0.111. The summed E-state index contributed by atoms with van der Waals surface area (Å²) in [5.41, 5.74) is 4.92. The molecule has 3 aromatic carbocycles. The van der Waals surface area contributed by atoms with Crippen LogP contribution in [0, 0.1) is 6.92 Å². The van der Waals surface area contributed by atoms with Crippen molar-refractivity contribution in [2.45, 2.75) is 20.0 Å². The summed E-state index contributed by atoms with van der Waals surface area (Å²) < 4.78 is 5.45. The van der Waals surface area contributed by atoms with Crippen molar-refractivity contribution in [3.8, 4) is 11.4 Å². The van der Waals surface area contributed by atoms with Gasteiger partial charge in [-0.3, -0.25) is 9.78 Å². The number of anilines is 1. The molecule has 0 fully saturated rings. The number of carbonyl (C=O) groups is 2.